The smallest absolute Gasteiger partial charge is 0.297 e. The summed E-state index contributed by atoms with van der Waals surface area (Å²) in [7, 11) is -3.95. The monoisotopic (exact) mass is 871 g/mol. The van der Waals surface area contributed by atoms with E-state index in [1.165, 1.54) is 108 Å². The van der Waals surface area contributed by atoms with Gasteiger partial charge in [0.25, 0.3) is 0 Å². The maximum Gasteiger partial charge on any atom is 0.410 e. The maximum atomic E-state index is 16.9. The Labute approximate surface area is 375 Å². The average Bonchev–Trinajstić information content (AvgIpc) is 4.24. The molecule has 69 heavy (non-hydrogen) atoms. The first kappa shape index (κ1) is 26.4. The summed E-state index contributed by atoms with van der Waals surface area (Å²) in [4.78, 5) is 0. The van der Waals surface area contributed by atoms with E-state index in [9.17, 15) is 0 Å². The first-order valence-electron chi connectivity index (χ1n) is 25.7. The van der Waals surface area contributed by atoms with Gasteiger partial charge >= 0.3 is 7.75 Å². The minimum Gasteiger partial charge on any atom is -0.297 e. The summed E-state index contributed by atoms with van der Waals surface area (Å²) in [6.45, 7) is 4.72. The molecule has 0 amide bonds. The summed E-state index contributed by atoms with van der Waals surface area (Å²) >= 11 is 0. The lowest BCUT2D eigenvalue weighted by molar-refractivity contribution is 0.188. The van der Waals surface area contributed by atoms with Gasteiger partial charge in [-0.05, 0) is 327 Å². The van der Waals surface area contributed by atoms with Crippen LogP contribution in [-0.4, -0.2) is 17.9 Å². The molecule has 2 spiro atoms. The molecule has 0 radical (unpaired) electrons. The topological polar surface area (TPSA) is 38.5 Å². The molecule has 294 valence electrons. The first-order valence-corrected chi connectivity index (χ1v) is 27.2. The SMILES string of the molecule is CCOP(=O)(OCC)N1C23c4c5c6c7c8c9c(c%10c%11c2c2c4c4c%12c5c5c6c6c8c8c%13c9c9c%10c%10c%11c%11c2c2c4c4c%12c%12c5c5c6c8c6c8c%13c9c9c%10c%10c%11c2c2c4c4c%12c5c6c5c8c9c%10c2c45)C713. The molecule has 1 fully saturated rings. The molecule has 0 bridgehead atoms. The second-order valence-corrected chi connectivity index (χ2v) is 26.6. The predicted molar refractivity (Wildman–Crippen MR) is 287 cm³/mol. The Kier molecular flexibility index (Phi) is 2.24. The summed E-state index contributed by atoms with van der Waals surface area (Å²) < 4.78 is 33.2. The summed E-state index contributed by atoms with van der Waals surface area (Å²) in [6, 6.07) is 0. The average molecular weight is 872 g/mol. The van der Waals surface area contributed by atoms with Crippen LogP contribution in [0.3, 0.4) is 0 Å². The number of hydrogen-bond acceptors (Lipinski definition) is 3. The molecule has 0 saturated carbocycles. The van der Waals surface area contributed by atoms with Crippen molar-refractivity contribution in [3.05, 3.63) is 22.3 Å². The lowest BCUT2D eigenvalue weighted by atomic mass is 9.68. The van der Waals surface area contributed by atoms with E-state index in [2.05, 4.69) is 4.67 Å². The van der Waals surface area contributed by atoms with Gasteiger partial charge in [0.1, 0.15) is 11.1 Å². The van der Waals surface area contributed by atoms with Crippen LogP contribution in [0.5, 0.6) is 0 Å². The van der Waals surface area contributed by atoms with Crippen molar-refractivity contribution in [3.63, 3.8) is 0 Å². The Hall–Kier alpha value is -7.43. The van der Waals surface area contributed by atoms with E-state index in [0.29, 0.717) is 13.2 Å². The third kappa shape index (κ3) is 1.37. The summed E-state index contributed by atoms with van der Waals surface area (Å²) in [5, 5.41) is 84.5. The summed E-state index contributed by atoms with van der Waals surface area (Å²) in [6.07, 6.45) is 0. The fraction of sp³-hybridized carbons (Fsp3) is 0.0938. The van der Waals surface area contributed by atoms with E-state index in [4.69, 9.17) is 9.05 Å². The third-order valence-corrected chi connectivity index (χ3v) is 26.9. The Bertz CT molecular complexity index is 6640. The third-order valence-electron chi connectivity index (χ3n) is 24.6. The number of nitrogens with zero attached hydrogens (tertiary/aromatic N) is 1. The standard InChI is InChI=1S/C64H10NO3P/c1-3-67-69(66,68-4-2)65-63-59-51-43-33-23-15-7-5-6-9-13-11(7)19-27-21(13)31-25-17(9)18-10(6)14-12-8(5)16(15)24-30-20(12)28-22(14)32-26(18)36-35(25)45-39(31)49-41(27)47(37(43)29(19)23)55(59)57(49)61-53(45)54-46(36)40(32)50-42(28)48-38(30)44(34(24)33)52(51)60(63)56(48)58(50)62(54)64(61,63)65/h3-4H2,1-2H3. The fourth-order valence-corrected chi connectivity index (χ4v) is 27.1. The molecule has 28 aromatic rings. The molecule has 5 aliphatic rings. The summed E-state index contributed by atoms with van der Waals surface area (Å²) in [5.41, 5.74) is 4.43. The van der Waals surface area contributed by atoms with Gasteiger partial charge in [-0.25, -0.2) is 4.57 Å². The Morgan fingerprint density at radius 2 is 0.362 bits per heavy atom. The zero-order valence-electron chi connectivity index (χ0n) is 35.5. The van der Waals surface area contributed by atoms with Gasteiger partial charge in [0.15, 0.2) is 0 Å². The van der Waals surface area contributed by atoms with E-state index in [0.717, 1.165) is 0 Å². The quantitative estimate of drug-likeness (QED) is 0.0981. The molecule has 0 N–H and O–H groups in total. The van der Waals surface area contributed by atoms with Crippen LogP contribution in [0.1, 0.15) is 36.1 Å². The van der Waals surface area contributed by atoms with Crippen LogP contribution in [0.25, 0.3) is 291 Å². The zero-order chi connectivity index (χ0) is 41.4. The maximum absolute atomic E-state index is 16.9. The van der Waals surface area contributed by atoms with Crippen LogP contribution >= 0.6 is 7.75 Å². The Morgan fingerprint density at radius 1 is 0.246 bits per heavy atom. The van der Waals surface area contributed by atoms with Crippen LogP contribution in [0.2, 0.25) is 0 Å². The molecule has 1 heterocycles. The highest BCUT2D eigenvalue weighted by atomic mass is 31.2. The molecule has 0 unspecified atom stereocenters. The highest BCUT2D eigenvalue weighted by Gasteiger charge is 2.90. The molecule has 4 aliphatic carbocycles. The van der Waals surface area contributed by atoms with Crippen LogP contribution in [0.15, 0.2) is 0 Å². The lowest BCUT2D eigenvalue weighted by Crippen LogP contribution is -2.27. The van der Waals surface area contributed by atoms with Gasteiger partial charge in [-0.15, -0.1) is 0 Å². The second kappa shape index (κ2) is 5.86. The van der Waals surface area contributed by atoms with Crippen molar-refractivity contribution in [3.8, 4) is 0 Å². The normalized spacial score (nSPS) is 23.8. The van der Waals surface area contributed by atoms with E-state index < -0.39 is 18.8 Å². The van der Waals surface area contributed by atoms with E-state index in [1.807, 2.05) is 13.8 Å². The molecular formula is C64H10NO3P. The fourth-order valence-electron chi connectivity index (χ4n) is 24.8. The van der Waals surface area contributed by atoms with Crippen molar-refractivity contribution in [2.24, 2.45) is 0 Å². The van der Waals surface area contributed by atoms with Gasteiger partial charge in [-0.1, -0.05) is 0 Å². The Morgan fingerprint density at radius 3 is 0.478 bits per heavy atom. The van der Waals surface area contributed by atoms with Crippen molar-refractivity contribution < 1.29 is 13.6 Å². The van der Waals surface area contributed by atoms with Gasteiger partial charge in [-0.3, -0.25) is 9.05 Å². The molecule has 0 atom stereocenters. The van der Waals surface area contributed by atoms with Crippen molar-refractivity contribution in [2.45, 2.75) is 24.9 Å². The van der Waals surface area contributed by atoms with Crippen LogP contribution in [0, 0.1) is 0 Å². The number of rotatable bonds is 5. The van der Waals surface area contributed by atoms with Gasteiger partial charge in [-0.2, -0.15) is 4.67 Å². The van der Waals surface area contributed by atoms with Crippen molar-refractivity contribution >= 4 is 299 Å². The number of hydrogen-bond donors (Lipinski definition) is 0. The van der Waals surface area contributed by atoms with Gasteiger partial charge < -0.3 is 0 Å². The lowest BCUT2D eigenvalue weighted by Gasteiger charge is -2.29. The van der Waals surface area contributed by atoms with E-state index in [-0.39, 0.29) is 0 Å². The summed E-state index contributed by atoms with van der Waals surface area (Å²) in [5.74, 6) is 0. The molecule has 1 saturated heterocycles. The van der Waals surface area contributed by atoms with Gasteiger partial charge in [0, 0.05) is 0 Å². The molecule has 28 aromatic carbocycles. The van der Waals surface area contributed by atoms with Crippen molar-refractivity contribution in [2.75, 3.05) is 13.2 Å². The van der Waals surface area contributed by atoms with E-state index >= 15 is 4.57 Å². The molecule has 33 rings (SSSR count). The largest absolute Gasteiger partial charge is 0.410 e. The highest BCUT2D eigenvalue weighted by Crippen LogP contribution is 2.94. The van der Waals surface area contributed by atoms with Crippen molar-refractivity contribution in [1.29, 1.82) is 0 Å². The van der Waals surface area contributed by atoms with Gasteiger partial charge in [0.05, 0.1) is 13.2 Å². The van der Waals surface area contributed by atoms with Crippen LogP contribution in [0.4, 0.5) is 0 Å². The van der Waals surface area contributed by atoms with Gasteiger partial charge in [0.2, 0.25) is 0 Å². The first-order chi connectivity index (χ1) is 34.2. The highest BCUT2D eigenvalue weighted by molar-refractivity contribution is 7.51. The zero-order valence-corrected chi connectivity index (χ0v) is 36.4. The molecule has 1 aliphatic heterocycles. The Balaban J connectivity index is 1.19. The minimum atomic E-state index is -3.95. The predicted octanol–water partition coefficient (Wildman–Crippen LogP) is 17.7. The van der Waals surface area contributed by atoms with Crippen LogP contribution in [-0.2, 0) is 24.7 Å². The molecule has 0 aromatic heterocycles. The molecule has 5 heteroatoms. The molecule has 4 nitrogen and oxygen atoms in total. The van der Waals surface area contributed by atoms with Crippen molar-refractivity contribution in [1.82, 2.24) is 4.67 Å². The molecular weight excluding hydrogens is 862 g/mol. The second-order valence-electron chi connectivity index (χ2n) is 24.8. The van der Waals surface area contributed by atoms with E-state index in [1.54, 1.807) is 205 Å². The minimum absolute atomic E-state index is 0.332. The van der Waals surface area contributed by atoms with Crippen LogP contribution < -0.4 is 0 Å². The number of benzene rings is 18.